The molecule has 1 heterocycles. The number of benzene rings is 1. The molecule has 1 N–H and O–H groups in total. The number of hydrogen-bond donors (Lipinski definition) is 1. The minimum absolute atomic E-state index is 0.649. The molecule has 0 unspecified atom stereocenters. The molecule has 4 nitrogen and oxygen atoms in total. The number of aromatic nitrogens is 1. The Morgan fingerprint density at radius 1 is 1.25 bits per heavy atom. The van der Waals surface area contributed by atoms with Gasteiger partial charge in [0.25, 0.3) is 0 Å². The molecular formula is C16H17N3O. The Hall–Kier alpha value is -2.54. The van der Waals surface area contributed by atoms with Crippen LogP contribution in [0, 0.1) is 25.2 Å². The van der Waals surface area contributed by atoms with Crippen LogP contribution in [0.25, 0.3) is 0 Å². The van der Waals surface area contributed by atoms with Crippen molar-refractivity contribution in [2.24, 2.45) is 0 Å². The van der Waals surface area contributed by atoms with Crippen LogP contribution in [0.1, 0.15) is 23.6 Å². The van der Waals surface area contributed by atoms with Crippen molar-refractivity contribution in [1.29, 1.82) is 5.26 Å². The fraction of sp³-hybridized carbons (Fsp3) is 0.250. The number of rotatable bonds is 4. The number of nitrogens with one attached hydrogen (secondary N) is 1. The molecule has 0 amide bonds. The van der Waals surface area contributed by atoms with Gasteiger partial charge in [-0.15, -0.1) is 0 Å². The van der Waals surface area contributed by atoms with Crippen LogP contribution in [0.3, 0.4) is 0 Å². The van der Waals surface area contributed by atoms with E-state index in [-0.39, 0.29) is 0 Å². The zero-order valence-corrected chi connectivity index (χ0v) is 11.9. The van der Waals surface area contributed by atoms with Gasteiger partial charge >= 0.3 is 0 Å². The molecule has 20 heavy (non-hydrogen) atoms. The molecule has 0 saturated carbocycles. The van der Waals surface area contributed by atoms with Crippen LogP contribution in [-0.4, -0.2) is 11.5 Å². The second-order valence-electron chi connectivity index (χ2n) is 4.56. The van der Waals surface area contributed by atoms with Gasteiger partial charge < -0.3 is 10.1 Å². The van der Waals surface area contributed by atoms with Crippen molar-refractivity contribution in [1.82, 2.24) is 4.98 Å². The zero-order valence-electron chi connectivity index (χ0n) is 11.9. The summed E-state index contributed by atoms with van der Waals surface area (Å²) < 4.78 is 5.94. The summed E-state index contributed by atoms with van der Waals surface area (Å²) in [6.07, 6.45) is 1.71. The maximum atomic E-state index is 8.96. The highest BCUT2D eigenvalue weighted by atomic mass is 16.5. The Bertz CT molecular complexity index is 636. The van der Waals surface area contributed by atoms with E-state index in [1.54, 1.807) is 6.20 Å². The SMILES string of the molecule is CCNc1cc(Oc2c(C)cc(C#N)cc2C)ccn1. The van der Waals surface area contributed by atoms with Crippen molar-refractivity contribution in [2.75, 3.05) is 11.9 Å². The molecular weight excluding hydrogens is 250 g/mol. The van der Waals surface area contributed by atoms with E-state index in [9.17, 15) is 0 Å². The summed E-state index contributed by atoms with van der Waals surface area (Å²) in [7, 11) is 0. The lowest BCUT2D eigenvalue weighted by Crippen LogP contribution is -1.99. The van der Waals surface area contributed by atoms with Gasteiger partial charge in [-0.1, -0.05) is 0 Å². The van der Waals surface area contributed by atoms with E-state index in [2.05, 4.69) is 16.4 Å². The zero-order chi connectivity index (χ0) is 14.5. The Morgan fingerprint density at radius 3 is 2.55 bits per heavy atom. The van der Waals surface area contributed by atoms with Crippen molar-refractivity contribution in [3.05, 3.63) is 47.2 Å². The minimum atomic E-state index is 0.649. The van der Waals surface area contributed by atoms with E-state index in [0.29, 0.717) is 5.56 Å². The van der Waals surface area contributed by atoms with E-state index in [0.717, 1.165) is 35.0 Å². The van der Waals surface area contributed by atoms with Gasteiger partial charge in [0.05, 0.1) is 11.6 Å². The second-order valence-corrected chi connectivity index (χ2v) is 4.56. The van der Waals surface area contributed by atoms with Crippen LogP contribution in [-0.2, 0) is 0 Å². The molecule has 1 aromatic carbocycles. The molecule has 0 bridgehead atoms. The van der Waals surface area contributed by atoms with Gasteiger partial charge in [-0.25, -0.2) is 4.98 Å². The van der Waals surface area contributed by atoms with Gasteiger partial charge in [-0.05, 0) is 50.1 Å². The number of nitrogens with zero attached hydrogens (tertiary/aromatic N) is 2. The molecule has 0 atom stereocenters. The van der Waals surface area contributed by atoms with Gasteiger partial charge in [-0.2, -0.15) is 5.26 Å². The van der Waals surface area contributed by atoms with Crippen molar-refractivity contribution < 1.29 is 4.74 Å². The monoisotopic (exact) mass is 267 g/mol. The predicted molar refractivity (Wildman–Crippen MR) is 79.1 cm³/mol. The second kappa shape index (κ2) is 6.07. The third-order valence-electron chi connectivity index (χ3n) is 2.90. The number of anilines is 1. The smallest absolute Gasteiger partial charge is 0.133 e. The molecule has 102 valence electrons. The number of nitriles is 1. The molecule has 0 spiro atoms. The largest absolute Gasteiger partial charge is 0.457 e. The average Bonchev–Trinajstić information content (AvgIpc) is 2.43. The number of hydrogen-bond acceptors (Lipinski definition) is 4. The first-order valence-corrected chi connectivity index (χ1v) is 6.53. The molecule has 0 radical (unpaired) electrons. The molecule has 0 saturated heterocycles. The number of pyridine rings is 1. The maximum absolute atomic E-state index is 8.96. The van der Waals surface area contributed by atoms with Crippen LogP contribution in [0.2, 0.25) is 0 Å². The summed E-state index contributed by atoms with van der Waals surface area (Å²) in [6, 6.07) is 9.49. The Morgan fingerprint density at radius 2 is 1.95 bits per heavy atom. The standard InChI is InChI=1S/C16H17N3O/c1-4-18-15-9-14(5-6-19-15)20-16-11(2)7-13(10-17)8-12(16)3/h5-9H,4H2,1-3H3,(H,18,19). The predicted octanol–water partition coefficient (Wildman–Crippen LogP) is 3.79. The summed E-state index contributed by atoms with van der Waals surface area (Å²) in [5.74, 6) is 2.30. The topological polar surface area (TPSA) is 57.9 Å². The fourth-order valence-corrected chi connectivity index (χ4v) is 2.05. The van der Waals surface area contributed by atoms with Crippen molar-refractivity contribution >= 4 is 5.82 Å². The lowest BCUT2D eigenvalue weighted by Gasteiger charge is -2.13. The van der Waals surface area contributed by atoms with Gasteiger partial charge in [0.2, 0.25) is 0 Å². The quantitative estimate of drug-likeness (QED) is 0.915. The first-order valence-electron chi connectivity index (χ1n) is 6.53. The van der Waals surface area contributed by atoms with Gasteiger partial charge in [0.15, 0.2) is 0 Å². The molecule has 4 heteroatoms. The van der Waals surface area contributed by atoms with Crippen molar-refractivity contribution in [3.63, 3.8) is 0 Å². The molecule has 1 aromatic heterocycles. The van der Waals surface area contributed by atoms with E-state index < -0.39 is 0 Å². The van der Waals surface area contributed by atoms with Crippen LogP contribution >= 0.6 is 0 Å². The highest BCUT2D eigenvalue weighted by molar-refractivity contribution is 5.50. The van der Waals surface area contributed by atoms with E-state index in [4.69, 9.17) is 10.00 Å². The van der Waals surface area contributed by atoms with Crippen molar-refractivity contribution in [3.8, 4) is 17.6 Å². The minimum Gasteiger partial charge on any atom is -0.457 e. The highest BCUT2D eigenvalue weighted by Gasteiger charge is 2.08. The molecule has 0 fully saturated rings. The molecule has 2 aromatic rings. The first kappa shape index (κ1) is 13.9. The summed E-state index contributed by atoms with van der Waals surface area (Å²) in [4.78, 5) is 4.21. The highest BCUT2D eigenvalue weighted by Crippen LogP contribution is 2.30. The van der Waals surface area contributed by atoms with Crippen LogP contribution in [0.5, 0.6) is 11.5 Å². The van der Waals surface area contributed by atoms with E-state index >= 15 is 0 Å². The van der Waals surface area contributed by atoms with Crippen LogP contribution in [0.4, 0.5) is 5.82 Å². The Balaban J connectivity index is 2.31. The summed E-state index contributed by atoms with van der Waals surface area (Å²) in [5, 5.41) is 12.1. The number of aryl methyl sites for hydroxylation is 2. The summed E-state index contributed by atoms with van der Waals surface area (Å²) in [6.45, 7) is 6.71. The lowest BCUT2D eigenvalue weighted by molar-refractivity contribution is 0.474. The van der Waals surface area contributed by atoms with Crippen LogP contribution in [0.15, 0.2) is 30.5 Å². The summed E-state index contributed by atoms with van der Waals surface area (Å²) in [5.41, 5.74) is 2.54. The molecule has 2 rings (SSSR count). The third kappa shape index (κ3) is 3.07. The fourth-order valence-electron chi connectivity index (χ4n) is 2.05. The van der Waals surface area contributed by atoms with Gasteiger partial charge in [-0.3, -0.25) is 0 Å². The molecule has 0 aliphatic heterocycles. The van der Waals surface area contributed by atoms with E-state index in [1.807, 2.05) is 45.0 Å². The molecule has 0 aliphatic rings. The Kier molecular flexibility index (Phi) is 4.21. The van der Waals surface area contributed by atoms with E-state index in [1.165, 1.54) is 0 Å². The lowest BCUT2D eigenvalue weighted by atomic mass is 10.1. The third-order valence-corrected chi connectivity index (χ3v) is 2.90. The number of ether oxygens (including phenoxy) is 1. The first-order chi connectivity index (χ1) is 9.63. The summed E-state index contributed by atoms with van der Waals surface area (Å²) >= 11 is 0. The van der Waals surface area contributed by atoms with Gasteiger partial charge in [0, 0.05) is 18.8 Å². The molecule has 0 aliphatic carbocycles. The van der Waals surface area contributed by atoms with Gasteiger partial charge in [0.1, 0.15) is 17.3 Å². The Labute approximate surface area is 119 Å². The average molecular weight is 267 g/mol. The van der Waals surface area contributed by atoms with Crippen LogP contribution < -0.4 is 10.1 Å². The van der Waals surface area contributed by atoms with Crippen molar-refractivity contribution in [2.45, 2.75) is 20.8 Å². The normalized spacial score (nSPS) is 9.90. The maximum Gasteiger partial charge on any atom is 0.133 e.